The topological polar surface area (TPSA) is 144 Å². The number of carbonyl (C=O) groups is 2. The molecule has 2 aliphatic rings. The van der Waals surface area contributed by atoms with Gasteiger partial charge in [0.15, 0.2) is 0 Å². The Morgan fingerprint density at radius 3 is 2.51 bits per heavy atom. The first-order chi connectivity index (χ1) is 19.7. The fourth-order valence-corrected chi connectivity index (χ4v) is 7.01. The van der Waals surface area contributed by atoms with E-state index in [9.17, 15) is 23.1 Å². The molecule has 2 saturated heterocycles. The molecule has 2 aromatic carbocycles. The lowest BCUT2D eigenvalue weighted by Gasteiger charge is -2.40. The second-order valence-electron chi connectivity index (χ2n) is 10.4. The van der Waals surface area contributed by atoms with Gasteiger partial charge in [-0.15, -0.1) is 0 Å². The fourth-order valence-electron chi connectivity index (χ4n) is 5.30. The van der Waals surface area contributed by atoms with Crippen molar-refractivity contribution in [2.75, 3.05) is 40.0 Å². The number of alkyl carbamates (subject to hydrolysis) is 1. The van der Waals surface area contributed by atoms with Crippen LogP contribution in [-0.2, 0) is 30.7 Å². The lowest BCUT2D eigenvalue weighted by Crippen LogP contribution is -2.58. The maximum absolute atomic E-state index is 14.1. The summed E-state index contributed by atoms with van der Waals surface area (Å²) in [5, 5.41) is 17.5. The second kappa shape index (κ2) is 14.2. The van der Waals surface area contributed by atoms with E-state index in [4.69, 9.17) is 14.2 Å². The van der Waals surface area contributed by atoms with E-state index >= 15 is 0 Å². The van der Waals surface area contributed by atoms with Crippen LogP contribution in [0.1, 0.15) is 25.3 Å². The number of carbonyl (C=O) groups excluding carboxylic acids is 2. The van der Waals surface area contributed by atoms with E-state index in [0.717, 1.165) is 5.56 Å². The highest BCUT2D eigenvalue weighted by atomic mass is 32.2. The molecule has 1 amide bonds. The van der Waals surface area contributed by atoms with E-state index in [1.807, 2.05) is 30.3 Å². The Morgan fingerprint density at radius 2 is 1.88 bits per heavy atom. The molecular formula is C29H39N3O8S. The van der Waals surface area contributed by atoms with Crippen molar-refractivity contribution in [2.24, 2.45) is 5.92 Å². The van der Waals surface area contributed by atoms with Crippen molar-refractivity contribution in [1.82, 2.24) is 14.9 Å². The Hall–Kier alpha value is -3.03. The van der Waals surface area contributed by atoms with Crippen LogP contribution in [0.4, 0.5) is 4.79 Å². The Morgan fingerprint density at radius 1 is 1.15 bits per heavy atom. The molecule has 0 aliphatic carbocycles. The number of ketones is 1. The number of nitrogens with one attached hydrogen (secondary N) is 2. The monoisotopic (exact) mass is 589 g/mol. The van der Waals surface area contributed by atoms with Crippen molar-refractivity contribution in [3.05, 3.63) is 60.2 Å². The van der Waals surface area contributed by atoms with Crippen LogP contribution in [0.15, 0.2) is 59.5 Å². The minimum atomic E-state index is -4.16. The Kier molecular flexibility index (Phi) is 10.7. The van der Waals surface area contributed by atoms with Crippen LogP contribution in [0, 0.1) is 5.92 Å². The van der Waals surface area contributed by atoms with Gasteiger partial charge < -0.3 is 30.0 Å². The molecule has 41 heavy (non-hydrogen) atoms. The summed E-state index contributed by atoms with van der Waals surface area (Å²) in [4.78, 5) is 25.4. The van der Waals surface area contributed by atoms with Crippen molar-refractivity contribution >= 4 is 21.9 Å². The molecule has 2 fully saturated rings. The number of hydrogen-bond donors (Lipinski definition) is 3. The summed E-state index contributed by atoms with van der Waals surface area (Å²) in [6.07, 6.45) is -1.23. The lowest BCUT2D eigenvalue weighted by atomic mass is 9.89. The first kappa shape index (κ1) is 30.9. The lowest BCUT2D eigenvalue weighted by molar-refractivity contribution is -0.122. The van der Waals surface area contributed by atoms with Crippen LogP contribution in [0.3, 0.4) is 0 Å². The molecular weight excluding hydrogens is 550 g/mol. The highest BCUT2D eigenvalue weighted by Gasteiger charge is 2.41. The van der Waals surface area contributed by atoms with Gasteiger partial charge in [0.2, 0.25) is 10.0 Å². The Labute approximate surface area is 241 Å². The van der Waals surface area contributed by atoms with Gasteiger partial charge in [-0.1, -0.05) is 30.3 Å². The summed E-state index contributed by atoms with van der Waals surface area (Å²) in [6.45, 7) is 2.75. The molecule has 0 aromatic heterocycles. The largest absolute Gasteiger partial charge is 0.497 e. The van der Waals surface area contributed by atoms with Gasteiger partial charge in [-0.25, -0.2) is 13.2 Å². The summed E-state index contributed by atoms with van der Waals surface area (Å²) >= 11 is 0. The number of aliphatic hydroxyl groups excluding tert-OH is 1. The number of nitrogens with zero attached hydrogens (tertiary/aromatic N) is 1. The number of methoxy groups -OCH3 is 1. The first-order valence-electron chi connectivity index (χ1n) is 13.8. The minimum Gasteiger partial charge on any atom is -0.497 e. The van der Waals surface area contributed by atoms with E-state index in [-0.39, 0.29) is 29.7 Å². The molecule has 2 heterocycles. The second-order valence-corrected chi connectivity index (χ2v) is 12.3. The number of ether oxygens (including phenoxy) is 3. The van der Waals surface area contributed by atoms with Crippen molar-refractivity contribution in [2.45, 2.75) is 55.4 Å². The van der Waals surface area contributed by atoms with E-state index in [1.165, 1.54) is 30.5 Å². The van der Waals surface area contributed by atoms with Crippen LogP contribution in [0.25, 0.3) is 0 Å². The summed E-state index contributed by atoms with van der Waals surface area (Å²) in [7, 11) is -2.67. The summed E-state index contributed by atoms with van der Waals surface area (Å²) < 4.78 is 45.3. The fraction of sp³-hybridized carbons (Fsp3) is 0.517. The van der Waals surface area contributed by atoms with Gasteiger partial charge in [0.1, 0.15) is 17.6 Å². The standard InChI is InChI=1S/C29H39N3O8S/c1-20(33)25-17-30-14-12-27(25)32(41(36,37)24-10-8-22(38-2)9-11-24)18-28(34)26(16-21-6-4-3-5-7-21)31-29(35)40-23-13-15-39-19-23/h3-11,23,25-28,30,34H,12-19H2,1-2H3,(H,31,35)/t23-,25?,26-,27?,28+/m0/s1. The van der Waals surface area contributed by atoms with E-state index in [2.05, 4.69) is 10.6 Å². The van der Waals surface area contributed by atoms with Gasteiger partial charge in [-0.05, 0) is 56.1 Å². The quantitative estimate of drug-likeness (QED) is 0.337. The number of sulfonamides is 1. The van der Waals surface area contributed by atoms with Crippen molar-refractivity contribution < 1.29 is 37.3 Å². The third kappa shape index (κ3) is 8.04. The zero-order valence-corrected chi connectivity index (χ0v) is 24.2. The Balaban J connectivity index is 1.64. The molecule has 0 spiro atoms. The van der Waals surface area contributed by atoms with Crippen LogP contribution in [0.2, 0.25) is 0 Å². The highest BCUT2D eigenvalue weighted by molar-refractivity contribution is 7.89. The number of amides is 1. The molecule has 12 heteroatoms. The van der Waals surface area contributed by atoms with E-state index < -0.39 is 40.2 Å². The van der Waals surface area contributed by atoms with Gasteiger partial charge >= 0.3 is 6.09 Å². The summed E-state index contributed by atoms with van der Waals surface area (Å²) in [5.41, 5.74) is 0.842. The van der Waals surface area contributed by atoms with Crippen molar-refractivity contribution in [3.63, 3.8) is 0 Å². The van der Waals surface area contributed by atoms with Crippen LogP contribution in [0.5, 0.6) is 5.75 Å². The van der Waals surface area contributed by atoms with Crippen molar-refractivity contribution in [1.29, 1.82) is 0 Å². The number of Topliss-reactive ketones (excluding diaryl/α,β-unsaturated/α-hetero) is 1. The molecule has 224 valence electrons. The smallest absolute Gasteiger partial charge is 0.407 e. The molecule has 2 aromatic rings. The number of benzene rings is 2. The predicted molar refractivity (Wildman–Crippen MR) is 151 cm³/mol. The first-order valence-corrected chi connectivity index (χ1v) is 15.3. The molecule has 2 aliphatic heterocycles. The zero-order chi connectivity index (χ0) is 29.4. The van der Waals surface area contributed by atoms with Gasteiger partial charge in [-0.3, -0.25) is 4.79 Å². The summed E-state index contributed by atoms with van der Waals surface area (Å²) in [6, 6.07) is 13.7. The minimum absolute atomic E-state index is 0.0135. The Bertz CT molecular complexity index is 1250. The van der Waals surface area contributed by atoms with Gasteiger partial charge in [0.05, 0.1) is 37.4 Å². The molecule has 5 atom stereocenters. The molecule has 0 radical (unpaired) electrons. The maximum Gasteiger partial charge on any atom is 0.407 e. The molecule has 0 bridgehead atoms. The number of hydrogen-bond acceptors (Lipinski definition) is 9. The van der Waals surface area contributed by atoms with Crippen LogP contribution in [-0.4, -0.2) is 94.0 Å². The van der Waals surface area contributed by atoms with Crippen molar-refractivity contribution in [3.8, 4) is 5.75 Å². The summed E-state index contributed by atoms with van der Waals surface area (Å²) in [5.74, 6) is -0.248. The highest BCUT2D eigenvalue weighted by Crippen LogP contribution is 2.28. The average Bonchev–Trinajstić information content (AvgIpc) is 3.48. The zero-order valence-electron chi connectivity index (χ0n) is 23.4. The van der Waals surface area contributed by atoms with E-state index in [0.29, 0.717) is 44.9 Å². The van der Waals surface area contributed by atoms with E-state index in [1.54, 1.807) is 12.1 Å². The van der Waals surface area contributed by atoms with Gasteiger partial charge in [0.25, 0.3) is 0 Å². The average molecular weight is 590 g/mol. The molecule has 4 rings (SSSR count). The SMILES string of the molecule is COc1ccc(S(=O)(=O)N(C[C@@H](O)[C@H](Cc2ccccc2)NC(=O)O[C@H]2CCOC2)C2CCNCC2C(C)=O)cc1. The number of aliphatic hydroxyl groups is 1. The third-order valence-corrected chi connectivity index (χ3v) is 9.50. The predicted octanol–water partition coefficient (Wildman–Crippen LogP) is 1.74. The molecule has 3 N–H and O–H groups in total. The van der Waals surface area contributed by atoms with Gasteiger partial charge in [0, 0.05) is 31.5 Å². The van der Waals surface area contributed by atoms with Gasteiger partial charge in [-0.2, -0.15) is 4.31 Å². The number of piperidine rings is 1. The molecule has 2 unspecified atom stereocenters. The normalized spacial score (nSPS) is 22.6. The maximum atomic E-state index is 14.1. The third-order valence-electron chi connectivity index (χ3n) is 7.60. The van der Waals surface area contributed by atoms with Crippen LogP contribution >= 0.6 is 0 Å². The van der Waals surface area contributed by atoms with Crippen LogP contribution < -0.4 is 15.4 Å². The number of rotatable bonds is 12. The molecule has 11 nitrogen and oxygen atoms in total. The molecule has 0 saturated carbocycles.